The predicted octanol–water partition coefficient (Wildman–Crippen LogP) is 4.65. The van der Waals surface area contributed by atoms with Crippen LogP contribution in [0.25, 0.3) is 0 Å². The zero-order valence-corrected chi connectivity index (χ0v) is 17.2. The van der Waals surface area contributed by atoms with Gasteiger partial charge in [-0.25, -0.2) is 5.43 Å². The number of hydrogen-bond acceptors (Lipinski definition) is 5. The number of thiophene rings is 1. The van der Waals surface area contributed by atoms with Gasteiger partial charge in [-0.15, -0.1) is 11.3 Å². The first-order valence-electron chi connectivity index (χ1n) is 8.69. The van der Waals surface area contributed by atoms with E-state index in [1.807, 2.05) is 12.1 Å². The molecular weight excluding hydrogens is 430 g/mol. The first-order chi connectivity index (χ1) is 13.0. The van der Waals surface area contributed by atoms with Crippen molar-refractivity contribution in [1.82, 2.24) is 5.43 Å². The minimum Gasteiger partial charge on any atom is -0.506 e. The summed E-state index contributed by atoms with van der Waals surface area (Å²) >= 11 is 4.91. The zero-order valence-electron chi connectivity index (χ0n) is 14.8. The summed E-state index contributed by atoms with van der Waals surface area (Å²) in [6.07, 6.45) is 5.67. The van der Waals surface area contributed by atoms with Gasteiger partial charge in [0.1, 0.15) is 5.75 Å². The van der Waals surface area contributed by atoms with E-state index in [-0.39, 0.29) is 17.6 Å². The second kappa shape index (κ2) is 11.5. The number of anilines is 1. The van der Waals surface area contributed by atoms with Crippen LogP contribution in [0.1, 0.15) is 43.4 Å². The van der Waals surface area contributed by atoms with Crippen LogP contribution in [0.4, 0.5) is 5.69 Å². The number of halogens is 1. The molecule has 1 aromatic carbocycles. The smallest absolute Gasteiger partial charge is 0.240 e. The van der Waals surface area contributed by atoms with Crippen molar-refractivity contribution in [3.05, 3.63) is 45.1 Å². The normalized spacial score (nSPS) is 10.9. The molecule has 144 valence electrons. The van der Waals surface area contributed by atoms with Crippen LogP contribution in [0.3, 0.4) is 0 Å². The molecule has 0 aliphatic heterocycles. The Morgan fingerprint density at radius 3 is 2.41 bits per heavy atom. The van der Waals surface area contributed by atoms with E-state index in [0.717, 1.165) is 34.3 Å². The summed E-state index contributed by atoms with van der Waals surface area (Å²) in [5.41, 5.74) is 2.94. The highest BCUT2D eigenvalue weighted by molar-refractivity contribution is 9.11. The summed E-state index contributed by atoms with van der Waals surface area (Å²) in [5.74, 6) is -0.172. The molecule has 27 heavy (non-hydrogen) atoms. The predicted molar refractivity (Wildman–Crippen MR) is 112 cm³/mol. The number of amides is 2. The van der Waals surface area contributed by atoms with Gasteiger partial charge in [0.2, 0.25) is 11.8 Å². The Hall–Kier alpha value is -2.19. The van der Waals surface area contributed by atoms with Crippen molar-refractivity contribution in [1.29, 1.82) is 0 Å². The first-order valence-corrected chi connectivity index (χ1v) is 10.3. The van der Waals surface area contributed by atoms with E-state index >= 15 is 0 Å². The standard InChI is InChI=1S/C19H22BrN3O3S/c20-17-12-11-14(27-17)13-21-23-19(26)10-4-2-1-3-9-18(25)22-15-7-5-6-8-16(15)24/h5-8,11-13,24H,1-4,9-10H2,(H,22,25)(H,23,26)/b21-13+. The van der Waals surface area contributed by atoms with Crippen molar-refractivity contribution in [2.45, 2.75) is 38.5 Å². The lowest BCUT2D eigenvalue weighted by Crippen LogP contribution is -2.16. The van der Waals surface area contributed by atoms with E-state index in [4.69, 9.17) is 0 Å². The minimum absolute atomic E-state index is 0.0613. The highest BCUT2D eigenvalue weighted by Crippen LogP contribution is 2.22. The van der Waals surface area contributed by atoms with E-state index in [2.05, 4.69) is 31.8 Å². The van der Waals surface area contributed by atoms with Crippen molar-refractivity contribution in [2.75, 3.05) is 5.32 Å². The van der Waals surface area contributed by atoms with Crippen LogP contribution < -0.4 is 10.7 Å². The fourth-order valence-corrected chi connectivity index (χ4v) is 3.63. The average molecular weight is 452 g/mol. The Morgan fingerprint density at radius 2 is 1.74 bits per heavy atom. The molecule has 0 aliphatic carbocycles. The Kier molecular flexibility index (Phi) is 9.00. The number of nitrogens with zero attached hydrogens (tertiary/aromatic N) is 1. The molecule has 2 amide bonds. The summed E-state index contributed by atoms with van der Waals surface area (Å²) in [4.78, 5) is 24.5. The van der Waals surface area contributed by atoms with Crippen molar-refractivity contribution in [3.8, 4) is 5.75 Å². The third-order valence-electron chi connectivity index (χ3n) is 3.71. The van der Waals surface area contributed by atoms with Gasteiger partial charge in [0.15, 0.2) is 0 Å². The number of phenolic OH excluding ortho intramolecular Hbond substituents is 1. The Balaban J connectivity index is 1.51. The van der Waals surface area contributed by atoms with Crippen LogP contribution in [0, 0.1) is 0 Å². The molecule has 0 fully saturated rings. The number of aromatic hydroxyl groups is 1. The van der Waals surface area contributed by atoms with Gasteiger partial charge in [-0.05, 0) is 53.0 Å². The maximum atomic E-state index is 11.8. The number of para-hydroxylation sites is 2. The van der Waals surface area contributed by atoms with Crippen molar-refractivity contribution in [2.24, 2.45) is 5.10 Å². The van der Waals surface area contributed by atoms with E-state index in [1.165, 1.54) is 17.4 Å². The van der Waals surface area contributed by atoms with E-state index in [9.17, 15) is 14.7 Å². The van der Waals surface area contributed by atoms with Crippen LogP contribution in [-0.4, -0.2) is 23.1 Å². The quantitative estimate of drug-likeness (QED) is 0.212. The number of carbonyl (C=O) groups excluding carboxylic acids is 2. The molecule has 0 spiro atoms. The molecule has 0 bridgehead atoms. The average Bonchev–Trinajstić information content (AvgIpc) is 3.05. The number of benzene rings is 1. The monoisotopic (exact) mass is 451 g/mol. The topological polar surface area (TPSA) is 90.8 Å². The number of hydrogen-bond donors (Lipinski definition) is 3. The maximum absolute atomic E-state index is 11.8. The Labute approximate surface area is 170 Å². The molecule has 0 radical (unpaired) electrons. The number of hydrazone groups is 1. The number of unbranched alkanes of at least 4 members (excludes halogenated alkanes) is 3. The molecule has 0 aliphatic rings. The molecule has 1 aromatic heterocycles. The molecule has 2 aromatic rings. The van der Waals surface area contributed by atoms with Crippen molar-refractivity contribution < 1.29 is 14.7 Å². The molecule has 0 saturated heterocycles. The third-order valence-corrected chi connectivity index (χ3v) is 5.27. The van der Waals surface area contributed by atoms with Gasteiger partial charge in [0.25, 0.3) is 0 Å². The lowest BCUT2D eigenvalue weighted by atomic mass is 10.1. The van der Waals surface area contributed by atoms with Crippen LogP contribution in [0.5, 0.6) is 5.75 Å². The van der Waals surface area contributed by atoms with Crippen LogP contribution in [-0.2, 0) is 9.59 Å². The SMILES string of the molecule is O=C(CCCCCCC(=O)Nc1ccccc1O)N/N=C/c1ccc(Br)s1. The largest absolute Gasteiger partial charge is 0.506 e. The molecule has 3 N–H and O–H groups in total. The van der Waals surface area contributed by atoms with Crippen molar-refractivity contribution >= 4 is 51.0 Å². The molecule has 0 unspecified atom stereocenters. The highest BCUT2D eigenvalue weighted by atomic mass is 79.9. The number of carbonyl (C=O) groups is 2. The van der Waals surface area contributed by atoms with Gasteiger partial charge in [-0.1, -0.05) is 25.0 Å². The second-order valence-electron chi connectivity index (χ2n) is 5.91. The fourth-order valence-electron chi connectivity index (χ4n) is 2.34. The van der Waals surface area contributed by atoms with Crippen molar-refractivity contribution in [3.63, 3.8) is 0 Å². The van der Waals surface area contributed by atoms with Crippen LogP contribution in [0.15, 0.2) is 45.3 Å². The van der Waals surface area contributed by atoms with Gasteiger partial charge < -0.3 is 10.4 Å². The van der Waals surface area contributed by atoms with E-state index in [1.54, 1.807) is 24.4 Å². The Morgan fingerprint density at radius 1 is 1.04 bits per heavy atom. The van der Waals surface area contributed by atoms with Gasteiger partial charge in [0, 0.05) is 17.7 Å². The highest BCUT2D eigenvalue weighted by Gasteiger charge is 2.06. The van der Waals surface area contributed by atoms with Gasteiger partial charge in [0.05, 0.1) is 15.7 Å². The zero-order chi connectivity index (χ0) is 19.5. The van der Waals surface area contributed by atoms with Crippen LogP contribution in [0.2, 0.25) is 0 Å². The summed E-state index contributed by atoms with van der Waals surface area (Å²) in [6.45, 7) is 0. The summed E-state index contributed by atoms with van der Waals surface area (Å²) in [5, 5.41) is 16.2. The van der Waals surface area contributed by atoms with Crippen LogP contribution >= 0.6 is 27.3 Å². The second-order valence-corrected chi connectivity index (χ2v) is 8.41. The molecule has 2 rings (SSSR count). The van der Waals surface area contributed by atoms with E-state index in [0.29, 0.717) is 18.5 Å². The molecule has 6 nitrogen and oxygen atoms in total. The van der Waals surface area contributed by atoms with E-state index < -0.39 is 0 Å². The van der Waals surface area contributed by atoms with Gasteiger partial charge in [-0.3, -0.25) is 9.59 Å². The summed E-state index contributed by atoms with van der Waals surface area (Å²) in [7, 11) is 0. The lowest BCUT2D eigenvalue weighted by molar-refractivity contribution is -0.121. The van der Waals surface area contributed by atoms with Gasteiger partial charge >= 0.3 is 0 Å². The molecule has 0 atom stereocenters. The Bertz CT molecular complexity index is 792. The molecular formula is C19H22BrN3O3S. The number of rotatable bonds is 10. The molecule has 1 heterocycles. The first kappa shape index (κ1) is 21.1. The number of phenols is 1. The number of nitrogens with one attached hydrogen (secondary N) is 2. The fraction of sp³-hybridized carbons (Fsp3) is 0.316. The third kappa shape index (κ3) is 8.36. The maximum Gasteiger partial charge on any atom is 0.240 e. The summed E-state index contributed by atoms with van der Waals surface area (Å²) < 4.78 is 1.02. The minimum atomic E-state index is -0.121. The summed E-state index contributed by atoms with van der Waals surface area (Å²) in [6, 6.07) is 10.5. The molecule has 8 heteroatoms. The van der Waals surface area contributed by atoms with Gasteiger partial charge in [-0.2, -0.15) is 5.10 Å². The lowest BCUT2D eigenvalue weighted by Gasteiger charge is -2.06. The molecule has 0 saturated carbocycles.